The molecule has 1 aromatic carbocycles. The first-order valence-corrected chi connectivity index (χ1v) is 9.02. The van der Waals surface area contributed by atoms with Gasteiger partial charge in [-0.25, -0.2) is 10.2 Å². The Morgan fingerprint density at radius 2 is 2.07 bits per heavy atom. The zero-order valence-electron chi connectivity index (χ0n) is 15.0. The van der Waals surface area contributed by atoms with Crippen molar-refractivity contribution in [1.29, 1.82) is 10.5 Å². The van der Waals surface area contributed by atoms with Gasteiger partial charge < -0.3 is 15.4 Å². The molecule has 0 bridgehead atoms. The SMILES string of the molecule is C#N.C=C(Cc1nc[nH]c(=O)c1C#N)SCC(=O)NC(CO)c1ccccc1. The molecule has 1 heterocycles. The third-order valence-electron chi connectivity index (χ3n) is 3.54. The Hall–Kier alpha value is -3.40. The quantitative estimate of drug-likeness (QED) is 0.611. The number of carbonyl (C=O) groups is 1. The molecule has 1 atom stereocenters. The lowest BCUT2D eigenvalue weighted by atomic mass is 10.1. The molecule has 0 aliphatic carbocycles. The van der Waals surface area contributed by atoms with E-state index in [0.29, 0.717) is 10.6 Å². The second kappa shape index (κ2) is 12.1. The van der Waals surface area contributed by atoms with Crippen LogP contribution >= 0.6 is 11.8 Å². The third kappa shape index (κ3) is 6.72. The fourth-order valence-corrected chi connectivity index (χ4v) is 2.90. The molecule has 144 valence electrons. The van der Waals surface area contributed by atoms with Crippen LogP contribution in [0.25, 0.3) is 0 Å². The van der Waals surface area contributed by atoms with E-state index in [1.165, 1.54) is 18.1 Å². The smallest absolute Gasteiger partial charge is 0.268 e. The van der Waals surface area contributed by atoms with Crippen LogP contribution in [0, 0.1) is 23.2 Å². The number of nitriles is 2. The van der Waals surface area contributed by atoms with E-state index in [2.05, 4.69) is 28.4 Å². The molecule has 0 aliphatic heterocycles. The summed E-state index contributed by atoms with van der Waals surface area (Å²) in [5.74, 6) is -0.147. The summed E-state index contributed by atoms with van der Waals surface area (Å²) in [5, 5.41) is 27.8. The van der Waals surface area contributed by atoms with E-state index in [0.717, 1.165) is 5.56 Å². The highest BCUT2D eigenvalue weighted by Crippen LogP contribution is 2.19. The van der Waals surface area contributed by atoms with Crippen molar-refractivity contribution in [3.05, 3.63) is 75.3 Å². The summed E-state index contributed by atoms with van der Waals surface area (Å²) in [4.78, 5) is 30.6. The minimum atomic E-state index is -0.498. The molecule has 8 nitrogen and oxygen atoms in total. The van der Waals surface area contributed by atoms with Crippen molar-refractivity contribution < 1.29 is 9.90 Å². The summed E-state index contributed by atoms with van der Waals surface area (Å²) in [5.41, 5.74) is 0.593. The van der Waals surface area contributed by atoms with E-state index in [-0.39, 0.29) is 30.3 Å². The largest absolute Gasteiger partial charge is 0.394 e. The Labute approximate surface area is 166 Å². The number of hydrogen-bond donors (Lipinski definition) is 3. The zero-order valence-corrected chi connectivity index (χ0v) is 15.8. The number of amides is 1. The molecule has 3 N–H and O–H groups in total. The number of nitrogens with one attached hydrogen (secondary N) is 2. The molecule has 1 amide bonds. The Morgan fingerprint density at radius 3 is 2.68 bits per heavy atom. The van der Waals surface area contributed by atoms with Crippen LogP contribution in [0.2, 0.25) is 0 Å². The molecular formula is C19H19N5O3S. The Kier molecular flexibility index (Phi) is 9.76. The average Bonchev–Trinajstić information content (AvgIpc) is 2.73. The van der Waals surface area contributed by atoms with Gasteiger partial charge in [-0.05, 0) is 10.5 Å². The molecule has 0 saturated heterocycles. The summed E-state index contributed by atoms with van der Waals surface area (Å²) < 4.78 is 0. The van der Waals surface area contributed by atoms with Crippen LogP contribution in [0.1, 0.15) is 22.9 Å². The van der Waals surface area contributed by atoms with Gasteiger partial charge in [-0.15, -0.1) is 11.8 Å². The van der Waals surface area contributed by atoms with Crippen molar-refractivity contribution in [3.63, 3.8) is 0 Å². The van der Waals surface area contributed by atoms with Crippen LogP contribution in [0.3, 0.4) is 0 Å². The number of aliphatic hydroxyl groups is 1. The molecule has 1 aromatic heterocycles. The number of aromatic amines is 1. The maximum atomic E-state index is 12.1. The summed E-state index contributed by atoms with van der Waals surface area (Å²) in [7, 11) is 0. The van der Waals surface area contributed by atoms with Gasteiger partial charge in [-0.2, -0.15) is 5.26 Å². The lowest BCUT2D eigenvalue weighted by molar-refractivity contribution is -0.119. The second-order valence-electron chi connectivity index (χ2n) is 5.38. The number of aromatic nitrogens is 2. The lowest BCUT2D eigenvalue weighted by Gasteiger charge is -2.16. The van der Waals surface area contributed by atoms with Crippen LogP contribution in [-0.2, 0) is 11.2 Å². The van der Waals surface area contributed by atoms with Crippen LogP contribution < -0.4 is 10.9 Å². The number of nitrogens with zero attached hydrogens (tertiary/aromatic N) is 3. The third-order valence-corrected chi connectivity index (χ3v) is 4.49. The number of thioether (sulfide) groups is 1. The monoisotopic (exact) mass is 397 g/mol. The Bertz CT molecular complexity index is 918. The number of carbonyl (C=O) groups excluding carboxylic acids is 1. The highest BCUT2D eigenvalue weighted by molar-refractivity contribution is 8.03. The Morgan fingerprint density at radius 1 is 1.39 bits per heavy atom. The van der Waals surface area contributed by atoms with Crippen molar-refractivity contribution in [2.24, 2.45) is 0 Å². The molecule has 1 unspecified atom stereocenters. The minimum Gasteiger partial charge on any atom is -0.394 e. The summed E-state index contributed by atoms with van der Waals surface area (Å²) >= 11 is 1.20. The number of rotatable bonds is 8. The summed E-state index contributed by atoms with van der Waals surface area (Å²) in [6.45, 7) is 7.15. The van der Waals surface area contributed by atoms with Gasteiger partial charge in [0.15, 0.2) is 0 Å². The van der Waals surface area contributed by atoms with E-state index in [4.69, 9.17) is 10.5 Å². The van der Waals surface area contributed by atoms with E-state index < -0.39 is 11.6 Å². The number of hydrogen-bond acceptors (Lipinski definition) is 7. The highest BCUT2D eigenvalue weighted by Gasteiger charge is 2.15. The van der Waals surface area contributed by atoms with Crippen molar-refractivity contribution >= 4 is 17.7 Å². The van der Waals surface area contributed by atoms with Crippen LogP contribution in [0.5, 0.6) is 0 Å². The zero-order chi connectivity index (χ0) is 20.9. The normalized spacial score (nSPS) is 10.6. The van der Waals surface area contributed by atoms with E-state index >= 15 is 0 Å². The van der Waals surface area contributed by atoms with E-state index in [9.17, 15) is 14.7 Å². The molecule has 2 rings (SSSR count). The summed E-state index contributed by atoms with van der Waals surface area (Å²) in [6.07, 6.45) is 1.45. The fourth-order valence-electron chi connectivity index (χ4n) is 2.25. The molecular weight excluding hydrogens is 378 g/mol. The van der Waals surface area contributed by atoms with Gasteiger partial charge in [0.2, 0.25) is 5.91 Å². The first-order valence-electron chi connectivity index (χ1n) is 8.03. The topological polar surface area (TPSA) is 143 Å². The summed E-state index contributed by atoms with van der Waals surface area (Å²) in [6, 6.07) is 10.5. The molecule has 0 fully saturated rings. The number of H-pyrrole nitrogens is 1. The van der Waals surface area contributed by atoms with Gasteiger partial charge >= 0.3 is 0 Å². The van der Waals surface area contributed by atoms with Crippen LogP contribution in [-0.4, -0.2) is 33.3 Å². The van der Waals surface area contributed by atoms with Crippen LogP contribution in [0.15, 0.2) is 52.9 Å². The predicted molar refractivity (Wildman–Crippen MR) is 106 cm³/mol. The molecule has 0 saturated carbocycles. The molecule has 0 spiro atoms. The predicted octanol–water partition coefficient (Wildman–Crippen LogP) is 1.42. The molecule has 0 aliphatic rings. The second-order valence-corrected chi connectivity index (χ2v) is 6.54. The van der Waals surface area contributed by atoms with E-state index in [1.54, 1.807) is 0 Å². The van der Waals surface area contributed by atoms with Gasteiger partial charge in [0.1, 0.15) is 11.6 Å². The van der Waals surface area contributed by atoms with Crippen molar-refractivity contribution in [3.8, 4) is 12.6 Å². The Balaban J connectivity index is 0.00000190. The average molecular weight is 397 g/mol. The van der Waals surface area contributed by atoms with Gasteiger partial charge in [-0.1, -0.05) is 36.9 Å². The van der Waals surface area contributed by atoms with E-state index in [1.807, 2.05) is 36.4 Å². The standard InChI is InChI=1S/C18H18N4O3S.CHN/c1-12(7-15-14(8-19)18(25)21-11-20-15)26-10-17(24)22-16(9-23)13-5-3-2-4-6-13;1-2/h2-6,11,16,23H,1,7,9-10H2,(H,22,24)(H,20,21,25);1H. The van der Waals surface area contributed by atoms with Gasteiger partial charge in [0, 0.05) is 13.0 Å². The first kappa shape index (κ1) is 22.6. The highest BCUT2D eigenvalue weighted by atomic mass is 32.2. The molecule has 28 heavy (non-hydrogen) atoms. The maximum Gasteiger partial charge on any atom is 0.268 e. The lowest BCUT2D eigenvalue weighted by Crippen LogP contribution is -2.32. The van der Waals surface area contributed by atoms with Crippen LogP contribution in [0.4, 0.5) is 0 Å². The van der Waals surface area contributed by atoms with Crippen molar-refractivity contribution in [1.82, 2.24) is 15.3 Å². The minimum absolute atomic E-state index is 0.0527. The van der Waals surface area contributed by atoms with Gasteiger partial charge in [-0.3, -0.25) is 9.59 Å². The first-order chi connectivity index (χ1) is 13.5. The van der Waals surface area contributed by atoms with Gasteiger partial charge in [0.05, 0.1) is 30.4 Å². The molecule has 9 heteroatoms. The molecule has 2 aromatic rings. The number of benzene rings is 1. The number of allylic oxidation sites excluding steroid dienone is 1. The number of aliphatic hydroxyl groups excluding tert-OH is 1. The molecule has 0 radical (unpaired) electrons. The van der Waals surface area contributed by atoms with Crippen molar-refractivity contribution in [2.45, 2.75) is 12.5 Å². The fraction of sp³-hybridized carbons (Fsp3) is 0.211. The maximum absolute atomic E-state index is 12.1. The van der Waals surface area contributed by atoms with Crippen molar-refractivity contribution in [2.75, 3.05) is 12.4 Å². The van der Waals surface area contributed by atoms with Gasteiger partial charge in [0.25, 0.3) is 5.56 Å².